The summed E-state index contributed by atoms with van der Waals surface area (Å²) in [5.41, 5.74) is 12.5. The van der Waals surface area contributed by atoms with Crippen molar-refractivity contribution in [2.24, 2.45) is 17.4 Å². The number of hydrogen-bond acceptors (Lipinski definition) is 7. The van der Waals surface area contributed by atoms with E-state index < -0.39 is 66.1 Å². The van der Waals surface area contributed by atoms with Crippen molar-refractivity contribution in [1.82, 2.24) is 25.9 Å². The van der Waals surface area contributed by atoms with Gasteiger partial charge in [-0.15, -0.1) is 0 Å². The smallest absolute Gasteiger partial charge is 0.326 e. The predicted molar refractivity (Wildman–Crippen MR) is 132 cm³/mol. The molecule has 13 heteroatoms. The minimum absolute atomic E-state index is 0.0272. The molecule has 13 nitrogen and oxygen atoms in total. The quantitative estimate of drug-likeness (QED) is 0.158. The van der Waals surface area contributed by atoms with Gasteiger partial charge in [0.1, 0.15) is 18.1 Å². The van der Waals surface area contributed by atoms with Crippen molar-refractivity contribution in [3.8, 4) is 0 Å². The number of aliphatic carboxylic acids is 1. The molecule has 2 rings (SSSR count). The molecule has 0 aliphatic rings. The lowest BCUT2D eigenvalue weighted by Gasteiger charge is -2.26. The SMILES string of the molecule is CC(C)C(NC(=O)C(Cc1ccccc1)NC(=O)C(CC(N)=O)NC(=O)C(N)Cc1cnc[nH]1)C(=O)O. The summed E-state index contributed by atoms with van der Waals surface area (Å²) in [5, 5.41) is 16.8. The Morgan fingerprint density at radius 3 is 2.11 bits per heavy atom. The van der Waals surface area contributed by atoms with Gasteiger partial charge in [-0.05, 0) is 11.5 Å². The van der Waals surface area contributed by atoms with Crippen molar-refractivity contribution in [3.05, 3.63) is 54.1 Å². The summed E-state index contributed by atoms with van der Waals surface area (Å²) in [5.74, 6) is -4.82. The van der Waals surface area contributed by atoms with Crippen LogP contribution in [0, 0.1) is 5.92 Å². The van der Waals surface area contributed by atoms with E-state index in [-0.39, 0.29) is 12.8 Å². The summed E-state index contributed by atoms with van der Waals surface area (Å²) in [7, 11) is 0. The second-order valence-corrected chi connectivity index (χ2v) is 8.94. The van der Waals surface area contributed by atoms with Crippen LogP contribution >= 0.6 is 0 Å². The number of aromatic amines is 1. The number of H-pyrrole nitrogens is 1. The molecule has 1 heterocycles. The molecule has 2 aromatic rings. The average molecular weight is 516 g/mol. The van der Waals surface area contributed by atoms with Crippen LogP contribution in [-0.4, -0.2) is 68.8 Å². The van der Waals surface area contributed by atoms with Crippen molar-refractivity contribution in [1.29, 1.82) is 0 Å². The van der Waals surface area contributed by atoms with Crippen LogP contribution in [-0.2, 0) is 36.8 Å². The Bertz CT molecular complexity index is 1070. The highest BCUT2D eigenvalue weighted by molar-refractivity contribution is 5.96. The number of rotatable bonds is 14. The molecule has 0 saturated heterocycles. The number of carboxylic acid groups (broad SMARTS) is 1. The maximum absolute atomic E-state index is 13.1. The fourth-order valence-corrected chi connectivity index (χ4v) is 3.51. The van der Waals surface area contributed by atoms with Gasteiger partial charge in [-0.1, -0.05) is 44.2 Å². The largest absolute Gasteiger partial charge is 0.480 e. The molecule has 37 heavy (non-hydrogen) atoms. The van der Waals surface area contributed by atoms with Crippen molar-refractivity contribution in [3.63, 3.8) is 0 Å². The van der Waals surface area contributed by atoms with Crippen LogP contribution in [0.15, 0.2) is 42.9 Å². The number of amides is 4. The minimum Gasteiger partial charge on any atom is -0.480 e. The number of carboxylic acids is 1. The third-order valence-corrected chi connectivity index (χ3v) is 5.52. The van der Waals surface area contributed by atoms with Crippen LogP contribution in [0.25, 0.3) is 0 Å². The lowest BCUT2D eigenvalue weighted by atomic mass is 10.0. The standard InChI is InChI=1S/C24H33N7O6/c1-13(2)20(24(36)37)31-23(35)17(8-14-6-4-3-5-7-14)30-22(34)18(10-19(26)32)29-21(33)16(25)9-15-11-27-12-28-15/h3-7,11-13,16-18,20H,8-10,25H2,1-2H3,(H2,26,32)(H,27,28)(H,29,33)(H,30,34)(H,31,35)(H,36,37). The Balaban J connectivity index is 2.20. The molecule has 4 atom stereocenters. The molecule has 0 radical (unpaired) electrons. The number of carbonyl (C=O) groups is 5. The molecule has 0 bridgehead atoms. The van der Waals surface area contributed by atoms with E-state index in [4.69, 9.17) is 11.5 Å². The minimum atomic E-state index is -1.41. The Morgan fingerprint density at radius 1 is 0.946 bits per heavy atom. The number of imidazole rings is 1. The lowest BCUT2D eigenvalue weighted by Crippen LogP contribution is -2.58. The fraction of sp³-hybridized carbons (Fsp3) is 0.417. The summed E-state index contributed by atoms with van der Waals surface area (Å²) in [6.45, 7) is 3.27. The average Bonchev–Trinajstić information content (AvgIpc) is 3.34. The van der Waals surface area contributed by atoms with Gasteiger partial charge in [0.15, 0.2) is 0 Å². The van der Waals surface area contributed by atoms with Crippen LogP contribution in [0.2, 0.25) is 0 Å². The summed E-state index contributed by atoms with van der Waals surface area (Å²) < 4.78 is 0. The number of nitrogens with zero attached hydrogens (tertiary/aromatic N) is 1. The second kappa shape index (κ2) is 13.7. The molecule has 4 amide bonds. The molecular weight excluding hydrogens is 482 g/mol. The molecule has 1 aromatic carbocycles. The van der Waals surface area contributed by atoms with E-state index in [2.05, 4.69) is 25.9 Å². The molecule has 9 N–H and O–H groups in total. The maximum atomic E-state index is 13.1. The molecule has 0 spiro atoms. The van der Waals surface area contributed by atoms with E-state index in [0.717, 1.165) is 0 Å². The molecule has 200 valence electrons. The Morgan fingerprint density at radius 2 is 1.57 bits per heavy atom. The lowest BCUT2D eigenvalue weighted by molar-refractivity contribution is -0.143. The van der Waals surface area contributed by atoms with Crippen LogP contribution in [0.1, 0.15) is 31.5 Å². The van der Waals surface area contributed by atoms with Gasteiger partial charge < -0.3 is 37.5 Å². The van der Waals surface area contributed by atoms with Crippen molar-refractivity contribution >= 4 is 29.6 Å². The first-order chi connectivity index (χ1) is 17.5. The molecule has 0 fully saturated rings. The zero-order valence-electron chi connectivity index (χ0n) is 20.6. The highest BCUT2D eigenvalue weighted by Crippen LogP contribution is 2.08. The second-order valence-electron chi connectivity index (χ2n) is 8.94. The Labute approximate surface area is 213 Å². The van der Waals surface area contributed by atoms with Gasteiger partial charge in [0.05, 0.1) is 18.8 Å². The predicted octanol–water partition coefficient (Wildman–Crippen LogP) is -1.41. The van der Waals surface area contributed by atoms with E-state index in [9.17, 15) is 29.1 Å². The summed E-state index contributed by atoms with van der Waals surface area (Å²) in [4.78, 5) is 68.7. The zero-order chi connectivity index (χ0) is 27.5. The first kappa shape index (κ1) is 29.0. The number of hydrogen-bond donors (Lipinski definition) is 7. The van der Waals surface area contributed by atoms with Gasteiger partial charge in [-0.2, -0.15) is 0 Å². The molecular formula is C24H33N7O6. The third kappa shape index (κ3) is 9.37. The topological polar surface area (TPSA) is 222 Å². The van der Waals surface area contributed by atoms with Crippen LogP contribution < -0.4 is 27.4 Å². The molecule has 0 aliphatic carbocycles. The third-order valence-electron chi connectivity index (χ3n) is 5.52. The number of aromatic nitrogens is 2. The van der Waals surface area contributed by atoms with Gasteiger partial charge in [-0.25, -0.2) is 9.78 Å². The van der Waals surface area contributed by atoms with Gasteiger partial charge in [0.2, 0.25) is 23.6 Å². The van der Waals surface area contributed by atoms with E-state index in [1.807, 2.05) is 0 Å². The number of nitrogens with two attached hydrogens (primary N) is 2. The summed E-state index contributed by atoms with van der Waals surface area (Å²) >= 11 is 0. The Kier molecular flexibility index (Phi) is 10.8. The normalized spacial score (nSPS) is 14.2. The number of benzene rings is 1. The summed E-state index contributed by atoms with van der Waals surface area (Å²) in [6, 6.07) is 3.88. The van der Waals surface area contributed by atoms with Gasteiger partial charge in [0.25, 0.3) is 0 Å². The van der Waals surface area contributed by atoms with E-state index in [1.165, 1.54) is 12.5 Å². The van der Waals surface area contributed by atoms with Crippen molar-refractivity contribution < 1.29 is 29.1 Å². The molecule has 4 unspecified atom stereocenters. The zero-order valence-corrected chi connectivity index (χ0v) is 20.6. The highest BCUT2D eigenvalue weighted by Gasteiger charge is 2.32. The van der Waals surface area contributed by atoms with Gasteiger partial charge >= 0.3 is 5.97 Å². The van der Waals surface area contributed by atoms with Crippen LogP contribution in [0.4, 0.5) is 0 Å². The van der Waals surface area contributed by atoms with Crippen molar-refractivity contribution in [2.75, 3.05) is 0 Å². The van der Waals surface area contributed by atoms with Gasteiger partial charge in [-0.3, -0.25) is 19.2 Å². The fourth-order valence-electron chi connectivity index (χ4n) is 3.51. The van der Waals surface area contributed by atoms with Crippen molar-refractivity contribution in [2.45, 2.75) is 57.3 Å². The number of primary amides is 1. The van der Waals surface area contributed by atoms with E-state index >= 15 is 0 Å². The summed E-state index contributed by atoms with van der Waals surface area (Å²) in [6.07, 6.45) is 2.50. The maximum Gasteiger partial charge on any atom is 0.326 e. The Hall–Kier alpha value is -4.26. The molecule has 0 aliphatic heterocycles. The monoisotopic (exact) mass is 515 g/mol. The van der Waals surface area contributed by atoms with E-state index in [1.54, 1.807) is 44.2 Å². The molecule has 1 aromatic heterocycles. The number of nitrogens with one attached hydrogen (secondary N) is 4. The first-order valence-electron chi connectivity index (χ1n) is 11.7. The van der Waals surface area contributed by atoms with E-state index in [0.29, 0.717) is 11.3 Å². The highest BCUT2D eigenvalue weighted by atomic mass is 16.4. The van der Waals surface area contributed by atoms with Crippen LogP contribution in [0.3, 0.4) is 0 Å². The van der Waals surface area contributed by atoms with Crippen LogP contribution in [0.5, 0.6) is 0 Å². The van der Waals surface area contributed by atoms with Gasteiger partial charge in [0, 0.05) is 24.7 Å². The number of carbonyl (C=O) groups excluding carboxylic acids is 4. The first-order valence-corrected chi connectivity index (χ1v) is 11.7. The molecule has 0 saturated carbocycles.